The molecule has 2 atom stereocenters. The van der Waals surface area contributed by atoms with Gasteiger partial charge in [0.25, 0.3) is 0 Å². The Morgan fingerprint density at radius 1 is 1.36 bits per heavy atom. The summed E-state index contributed by atoms with van der Waals surface area (Å²) >= 11 is 0. The second-order valence-corrected chi connectivity index (χ2v) is 6.36. The fourth-order valence-electron chi connectivity index (χ4n) is 3.30. The number of oxazole rings is 1. The quantitative estimate of drug-likeness (QED) is 0.812. The van der Waals surface area contributed by atoms with Crippen molar-refractivity contribution in [3.63, 3.8) is 0 Å². The van der Waals surface area contributed by atoms with Crippen molar-refractivity contribution in [3.8, 4) is 11.5 Å². The van der Waals surface area contributed by atoms with Crippen LogP contribution in [0.5, 0.6) is 0 Å². The average Bonchev–Trinajstić information content (AvgIpc) is 3.22. The third-order valence-corrected chi connectivity index (χ3v) is 4.59. The van der Waals surface area contributed by atoms with Gasteiger partial charge in [-0.1, -0.05) is 18.2 Å². The van der Waals surface area contributed by atoms with Gasteiger partial charge in [0.1, 0.15) is 0 Å². The molecule has 0 bridgehead atoms. The van der Waals surface area contributed by atoms with Crippen LogP contribution in [0, 0.1) is 0 Å². The summed E-state index contributed by atoms with van der Waals surface area (Å²) in [7, 11) is 1.93. The number of likely N-dealkylation sites (N-methyl/N-ethyl adjacent to an activating group) is 1. The van der Waals surface area contributed by atoms with Crippen LogP contribution in [0.25, 0.3) is 11.5 Å². The van der Waals surface area contributed by atoms with E-state index in [1.165, 1.54) is 0 Å². The first-order chi connectivity index (χ1) is 12.1. The normalized spacial score (nSPS) is 20.2. The minimum absolute atomic E-state index is 0.0697. The number of ether oxygens (including phenoxy) is 1. The van der Waals surface area contributed by atoms with E-state index in [-0.39, 0.29) is 24.4 Å². The number of aliphatic hydroxyl groups excluding tert-OH is 1. The number of nitrogens with zero attached hydrogens (tertiary/aromatic N) is 2. The van der Waals surface area contributed by atoms with Gasteiger partial charge in [-0.25, -0.2) is 9.78 Å². The molecule has 1 heterocycles. The van der Waals surface area contributed by atoms with Gasteiger partial charge in [-0.3, -0.25) is 4.90 Å². The highest BCUT2D eigenvalue weighted by Crippen LogP contribution is 2.27. The predicted molar refractivity (Wildman–Crippen MR) is 93.0 cm³/mol. The monoisotopic (exact) mass is 344 g/mol. The van der Waals surface area contributed by atoms with Crippen LogP contribution in [0.15, 0.2) is 34.7 Å². The molecule has 1 N–H and O–H groups in total. The Balaban J connectivity index is 1.87. The van der Waals surface area contributed by atoms with Gasteiger partial charge < -0.3 is 14.3 Å². The Hall–Kier alpha value is -2.18. The minimum atomic E-state index is -0.483. The highest BCUT2D eigenvalue weighted by molar-refractivity contribution is 5.89. The largest absolute Gasteiger partial charge is 0.461 e. The Kier molecular flexibility index (Phi) is 5.50. The van der Waals surface area contributed by atoms with Gasteiger partial charge in [-0.05, 0) is 45.4 Å². The molecule has 1 aromatic carbocycles. The minimum Gasteiger partial charge on any atom is -0.461 e. The van der Waals surface area contributed by atoms with E-state index in [1.807, 2.05) is 42.3 Å². The van der Waals surface area contributed by atoms with Crippen molar-refractivity contribution >= 4 is 5.97 Å². The van der Waals surface area contributed by atoms with Crippen LogP contribution in [0.2, 0.25) is 0 Å². The lowest BCUT2D eigenvalue weighted by molar-refractivity contribution is 0.0512. The van der Waals surface area contributed by atoms with Crippen LogP contribution >= 0.6 is 0 Å². The van der Waals surface area contributed by atoms with Crippen LogP contribution in [0.4, 0.5) is 0 Å². The van der Waals surface area contributed by atoms with Gasteiger partial charge in [0.05, 0.1) is 19.3 Å². The van der Waals surface area contributed by atoms with Crippen LogP contribution in [-0.4, -0.2) is 46.8 Å². The molecule has 0 amide bonds. The number of aliphatic hydroxyl groups is 1. The second-order valence-electron chi connectivity index (χ2n) is 6.36. The van der Waals surface area contributed by atoms with Gasteiger partial charge in [-0.15, -0.1) is 0 Å². The van der Waals surface area contributed by atoms with E-state index in [1.54, 1.807) is 6.92 Å². The molecule has 1 fully saturated rings. The van der Waals surface area contributed by atoms with Crippen molar-refractivity contribution in [1.82, 2.24) is 9.88 Å². The Morgan fingerprint density at radius 2 is 2.12 bits per heavy atom. The van der Waals surface area contributed by atoms with Crippen molar-refractivity contribution in [2.45, 2.75) is 44.9 Å². The summed E-state index contributed by atoms with van der Waals surface area (Å²) in [6.45, 7) is 2.44. The van der Waals surface area contributed by atoms with E-state index in [9.17, 15) is 9.90 Å². The molecule has 1 saturated carbocycles. The van der Waals surface area contributed by atoms with Crippen molar-refractivity contribution in [1.29, 1.82) is 0 Å². The smallest absolute Gasteiger partial charge is 0.360 e. The van der Waals surface area contributed by atoms with Gasteiger partial charge in [0, 0.05) is 11.6 Å². The summed E-state index contributed by atoms with van der Waals surface area (Å²) in [6, 6.07) is 9.54. The van der Waals surface area contributed by atoms with Gasteiger partial charge >= 0.3 is 5.97 Å². The molecule has 0 aliphatic heterocycles. The molecule has 6 heteroatoms. The highest BCUT2D eigenvalue weighted by Gasteiger charge is 2.31. The first-order valence-electron chi connectivity index (χ1n) is 8.70. The molecular weight excluding hydrogens is 320 g/mol. The number of esters is 1. The molecular formula is C19H24N2O4. The predicted octanol–water partition coefficient (Wildman–Crippen LogP) is 2.86. The maximum atomic E-state index is 12.3. The maximum absolute atomic E-state index is 12.3. The third kappa shape index (κ3) is 3.91. The van der Waals surface area contributed by atoms with E-state index >= 15 is 0 Å². The van der Waals surface area contributed by atoms with Crippen LogP contribution in [-0.2, 0) is 11.3 Å². The van der Waals surface area contributed by atoms with E-state index in [2.05, 4.69) is 4.98 Å². The first kappa shape index (κ1) is 17.6. The number of hydrogen-bond acceptors (Lipinski definition) is 6. The molecule has 0 radical (unpaired) electrons. The summed E-state index contributed by atoms with van der Waals surface area (Å²) in [4.78, 5) is 18.7. The Bertz CT molecular complexity index is 713. The number of aromatic nitrogens is 1. The van der Waals surface area contributed by atoms with Crippen molar-refractivity contribution in [3.05, 3.63) is 41.8 Å². The average molecular weight is 344 g/mol. The van der Waals surface area contributed by atoms with E-state index in [0.29, 0.717) is 18.2 Å². The van der Waals surface area contributed by atoms with Crippen molar-refractivity contribution in [2.24, 2.45) is 0 Å². The lowest BCUT2D eigenvalue weighted by Crippen LogP contribution is -2.37. The molecule has 0 saturated heterocycles. The maximum Gasteiger partial charge on any atom is 0.360 e. The third-order valence-electron chi connectivity index (χ3n) is 4.59. The highest BCUT2D eigenvalue weighted by atomic mass is 16.5. The summed E-state index contributed by atoms with van der Waals surface area (Å²) in [5.74, 6) is 0.390. The number of carbonyl (C=O) groups is 1. The van der Waals surface area contributed by atoms with Crippen LogP contribution in [0.1, 0.15) is 42.4 Å². The fraction of sp³-hybridized carbons (Fsp3) is 0.474. The zero-order chi connectivity index (χ0) is 17.8. The molecule has 2 aromatic rings. The fourth-order valence-corrected chi connectivity index (χ4v) is 3.30. The Labute approximate surface area is 147 Å². The zero-order valence-corrected chi connectivity index (χ0v) is 14.6. The van der Waals surface area contributed by atoms with Crippen molar-refractivity contribution in [2.75, 3.05) is 13.7 Å². The summed E-state index contributed by atoms with van der Waals surface area (Å²) in [6.07, 6.45) is 2.41. The number of carbonyl (C=O) groups excluding carboxylic acids is 1. The van der Waals surface area contributed by atoms with E-state index < -0.39 is 5.97 Å². The lowest BCUT2D eigenvalue weighted by Gasteiger charge is -2.26. The molecule has 1 aliphatic rings. The first-order valence-corrected chi connectivity index (χ1v) is 8.70. The standard InChI is InChI=1S/C19H24N2O4/c1-3-24-19(23)17-16(12-21(2)14-10-7-11-15(14)22)25-18(20-17)13-8-5-4-6-9-13/h4-6,8-9,14-15,22H,3,7,10-12H2,1-2H3/t14-,15-/m1/s1. The molecule has 1 aromatic heterocycles. The molecule has 3 rings (SSSR count). The van der Waals surface area contributed by atoms with E-state index in [4.69, 9.17) is 9.15 Å². The second kappa shape index (κ2) is 7.80. The Morgan fingerprint density at radius 3 is 2.76 bits per heavy atom. The summed E-state index contributed by atoms with van der Waals surface area (Å²) in [5.41, 5.74) is 1.02. The summed E-state index contributed by atoms with van der Waals surface area (Å²) in [5, 5.41) is 10.1. The number of benzene rings is 1. The van der Waals surface area contributed by atoms with Gasteiger partial charge in [0.2, 0.25) is 5.89 Å². The molecule has 134 valence electrons. The summed E-state index contributed by atoms with van der Waals surface area (Å²) < 4.78 is 11.0. The van der Waals surface area contributed by atoms with E-state index in [0.717, 1.165) is 24.8 Å². The lowest BCUT2D eigenvalue weighted by atomic mass is 10.2. The molecule has 25 heavy (non-hydrogen) atoms. The molecule has 1 aliphatic carbocycles. The number of rotatable bonds is 6. The van der Waals surface area contributed by atoms with Crippen LogP contribution < -0.4 is 0 Å². The van der Waals surface area contributed by atoms with Gasteiger partial charge in [0.15, 0.2) is 11.5 Å². The SMILES string of the molecule is CCOC(=O)c1nc(-c2ccccc2)oc1CN(C)[C@@H]1CCC[C@H]1O. The molecule has 0 unspecified atom stereocenters. The van der Waals surface area contributed by atoms with Crippen LogP contribution in [0.3, 0.4) is 0 Å². The van der Waals surface area contributed by atoms with Gasteiger partial charge in [-0.2, -0.15) is 0 Å². The molecule has 6 nitrogen and oxygen atoms in total. The molecule has 0 spiro atoms. The number of hydrogen-bond donors (Lipinski definition) is 1. The zero-order valence-electron chi connectivity index (χ0n) is 14.6. The topological polar surface area (TPSA) is 75.8 Å². The van der Waals surface area contributed by atoms with Crippen molar-refractivity contribution < 1.29 is 19.1 Å².